The molecule has 2 aromatic carbocycles. The Labute approximate surface area is 162 Å². The summed E-state index contributed by atoms with van der Waals surface area (Å²) in [7, 11) is 0. The third-order valence-electron chi connectivity index (χ3n) is 5.55. The number of ketones is 1. The van der Waals surface area contributed by atoms with Crippen LogP contribution >= 0.6 is 11.8 Å². The minimum absolute atomic E-state index is 0.0250. The standard InChI is InChI=1S/C22H21NO3S/c1-13(20-21(25)23-22(26)27-20)15-9-10-18-16(12-15)7-8-17(19(18)24)11-14-5-3-2-4-6-14/h2-6,9-10,12-13,17,20H,7-8,11H2,1H3,(H,23,25,26). The molecule has 1 heterocycles. The van der Waals surface area contributed by atoms with E-state index in [0.29, 0.717) is 0 Å². The Morgan fingerprint density at radius 1 is 1.11 bits per heavy atom. The van der Waals surface area contributed by atoms with Crippen molar-refractivity contribution in [2.45, 2.75) is 37.4 Å². The monoisotopic (exact) mass is 379 g/mol. The summed E-state index contributed by atoms with van der Waals surface area (Å²) in [6, 6.07) is 16.0. The van der Waals surface area contributed by atoms with E-state index in [9.17, 15) is 14.4 Å². The average Bonchev–Trinajstić information content (AvgIpc) is 3.02. The quantitative estimate of drug-likeness (QED) is 0.868. The maximum absolute atomic E-state index is 12.9. The molecule has 0 spiro atoms. The highest BCUT2D eigenvalue weighted by Crippen LogP contribution is 2.35. The van der Waals surface area contributed by atoms with Gasteiger partial charge in [0, 0.05) is 17.4 Å². The van der Waals surface area contributed by atoms with Crippen LogP contribution < -0.4 is 5.32 Å². The predicted molar refractivity (Wildman–Crippen MR) is 106 cm³/mol. The number of rotatable bonds is 4. The first-order valence-electron chi connectivity index (χ1n) is 9.25. The third kappa shape index (κ3) is 3.56. The van der Waals surface area contributed by atoms with Gasteiger partial charge in [0.1, 0.15) is 0 Å². The molecule has 3 unspecified atom stereocenters. The molecule has 1 saturated heterocycles. The highest BCUT2D eigenvalue weighted by molar-refractivity contribution is 8.15. The molecule has 0 bridgehead atoms. The molecule has 0 saturated carbocycles. The first-order valence-corrected chi connectivity index (χ1v) is 10.1. The molecule has 1 aliphatic heterocycles. The molecule has 0 aromatic heterocycles. The average molecular weight is 379 g/mol. The van der Waals surface area contributed by atoms with Crippen molar-refractivity contribution in [1.82, 2.24) is 5.32 Å². The molecule has 2 aliphatic rings. The van der Waals surface area contributed by atoms with E-state index in [-0.39, 0.29) is 28.8 Å². The molecule has 3 atom stereocenters. The number of nitrogens with one attached hydrogen (secondary N) is 1. The second-order valence-electron chi connectivity index (χ2n) is 7.31. The molecule has 0 radical (unpaired) electrons. The summed E-state index contributed by atoms with van der Waals surface area (Å²) in [4.78, 5) is 36.3. The molecule has 4 nitrogen and oxygen atoms in total. The molecule has 2 aromatic rings. The van der Waals surface area contributed by atoms with Crippen LogP contribution in [0.2, 0.25) is 0 Å². The van der Waals surface area contributed by atoms with Crippen LogP contribution in [0.15, 0.2) is 48.5 Å². The number of Topliss-reactive ketones (excluding diaryl/α,β-unsaturated/α-hetero) is 1. The molecule has 1 fully saturated rings. The molecule has 138 valence electrons. The van der Waals surface area contributed by atoms with Crippen molar-refractivity contribution in [2.75, 3.05) is 0 Å². The molecule has 5 heteroatoms. The van der Waals surface area contributed by atoms with Crippen molar-refractivity contribution >= 4 is 28.7 Å². The van der Waals surface area contributed by atoms with Crippen LogP contribution in [0.25, 0.3) is 0 Å². The SMILES string of the molecule is CC(c1ccc2c(c1)CCC(Cc1ccccc1)C2=O)C1SC(=O)NC1=O. The number of thioether (sulfide) groups is 1. The summed E-state index contributed by atoms with van der Waals surface area (Å²) in [6.45, 7) is 1.96. The summed E-state index contributed by atoms with van der Waals surface area (Å²) in [6.07, 6.45) is 2.48. The molecule has 4 rings (SSSR count). The van der Waals surface area contributed by atoms with Crippen LogP contribution in [-0.2, 0) is 17.6 Å². The fourth-order valence-electron chi connectivity index (χ4n) is 3.99. The van der Waals surface area contributed by atoms with E-state index in [1.807, 2.05) is 43.3 Å². The Kier molecular flexibility index (Phi) is 4.87. The zero-order valence-corrected chi connectivity index (χ0v) is 15.9. The summed E-state index contributed by atoms with van der Waals surface area (Å²) in [5, 5.41) is 1.66. The Morgan fingerprint density at radius 2 is 1.89 bits per heavy atom. The van der Waals surface area contributed by atoms with Gasteiger partial charge in [0.05, 0.1) is 5.25 Å². The smallest absolute Gasteiger partial charge is 0.286 e. The van der Waals surface area contributed by atoms with Gasteiger partial charge in [-0.1, -0.05) is 67.2 Å². The van der Waals surface area contributed by atoms with Gasteiger partial charge in [-0.05, 0) is 36.0 Å². The van der Waals surface area contributed by atoms with Gasteiger partial charge in [-0.25, -0.2) is 0 Å². The number of carbonyl (C=O) groups excluding carboxylic acids is 3. The molecule has 27 heavy (non-hydrogen) atoms. The van der Waals surface area contributed by atoms with Gasteiger partial charge in [-0.2, -0.15) is 0 Å². The number of carbonyl (C=O) groups is 3. The zero-order valence-electron chi connectivity index (χ0n) is 15.1. The highest BCUT2D eigenvalue weighted by atomic mass is 32.2. The predicted octanol–water partition coefficient (Wildman–Crippen LogP) is 4.13. The summed E-state index contributed by atoms with van der Waals surface area (Å²) in [5.74, 6) is -0.0717. The Hall–Kier alpha value is -2.40. The molecular weight excluding hydrogens is 358 g/mol. The van der Waals surface area contributed by atoms with Crippen LogP contribution in [0, 0.1) is 5.92 Å². The Morgan fingerprint density at radius 3 is 2.59 bits per heavy atom. The van der Waals surface area contributed by atoms with Crippen LogP contribution in [-0.4, -0.2) is 22.2 Å². The third-order valence-corrected chi connectivity index (χ3v) is 6.74. The lowest BCUT2D eigenvalue weighted by molar-refractivity contribution is -0.119. The first-order chi connectivity index (χ1) is 13.0. The largest absolute Gasteiger partial charge is 0.294 e. The van der Waals surface area contributed by atoms with E-state index >= 15 is 0 Å². The summed E-state index contributed by atoms with van der Waals surface area (Å²) < 4.78 is 0. The van der Waals surface area contributed by atoms with Crippen molar-refractivity contribution in [1.29, 1.82) is 0 Å². The van der Waals surface area contributed by atoms with E-state index in [1.54, 1.807) is 0 Å². The fourth-order valence-corrected chi connectivity index (χ4v) is 4.91. The van der Waals surface area contributed by atoms with Crippen molar-refractivity contribution in [2.24, 2.45) is 5.92 Å². The van der Waals surface area contributed by atoms with Gasteiger partial charge in [0.25, 0.3) is 5.24 Å². The van der Waals surface area contributed by atoms with Gasteiger partial charge < -0.3 is 0 Å². The van der Waals surface area contributed by atoms with E-state index in [0.717, 1.165) is 47.7 Å². The second-order valence-corrected chi connectivity index (χ2v) is 8.42. The van der Waals surface area contributed by atoms with Crippen molar-refractivity contribution in [3.63, 3.8) is 0 Å². The number of benzene rings is 2. The fraction of sp³-hybridized carbons (Fsp3) is 0.318. The number of aryl methyl sites for hydroxylation is 1. The normalized spacial score (nSPS) is 23.1. The number of hydrogen-bond donors (Lipinski definition) is 1. The van der Waals surface area contributed by atoms with Crippen molar-refractivity contribution in [3.05, 3.63) is 70.8 Å². The molecular formula is C22H21NO3S. The van der Waals surface area contributed by atoms with Crippen LogP contribution in [0.3, 0.4) is 0 Å². The van der Waals surface area contributed by atoms with E-state index in [2.05, 4.69) is 17.4 Å². The van der Waals surface area contributed by atoms with Crippen LogP contribution in [0.1, 0.15) is 46.3 Å². The molecule has 1 N–H and O–H groups in total. The minimum atomic E-state index is -0.402. The van der Waals surface area contributed by atoms with E-state index in [4.69, 9.17) is 0 Å². The molecule has 1 aliphatic carbocycles. The Bertz CT molecular complexity index is 909. The lowest BCUT2D eigenvalue weighted by Crippen LogP contribution is -2.28. The van der Waals surface area contributed by atoms with Gasteiger partial charge in [-0.15, -0.1) is 0 Å². The van der Waals surface area contributed by atoms with Crippen LogP contribution in [0.5, 0.6) is 0 Å². The van der Waals surface area contributed by atoms with Crippen LogP contribution in [0.4, 0.5) is 4.79 Å². The number of hydrogen-bond acceptors (Lipinski definition) is 4. The topological polar surface area (TPSA) is 63.2 Å². The minimum Gasteiger partial charge on any atom is -0.294 e. The van der Waals surface area contributed by atoms with Crippen molar-refractivity contribution in [3.8, 4) is 0 Å². The number of imide groups is 1. The summed E-state index contributed by atoms with van der Waals surface area (Å²) >= 11 is 1.05. The van der Waals surface area contributed by atoms with Gasteiger partial charge >= 0.3 is 0 Å². The first kappa shape index (κ1) is 18.0. The summed E-state index contributed by atoms with van der Waals surface area (Å²) in [5.41, 5.74) is 4.06. The Balaban J connectivity index is 1.53. The number of fused-ring (bicyclic) bond motifs is 1. The van der Waals surface area contributed by atoms with E-state index < -0.39 is 5.25 Å². The zero-order chi connectivity index (χ0) is 19.0. The maximum Gasteiger partial charge on any atom is 0.286 e. The maximum atomic E-state index is 12.9. The van der Waals surface area contributed by atoms with Gasteiger partial charge in [0.15, 0.2) is 5.78 Å². The van der Waals surface area contributed by atoms with Gasteiger partial charge in [-0.3, -0.25) is 19.7 Å². The van der Waals surface area contributed by atoms with Gasteiger partial charge in [0.2, 0.25) is 5.91 Å². The lowest BCUT2D eigenvalue weighted by atomic mass is 9.78. The second kappa shape index (κ2) is 7.31. The highest BCUT2D eigenvalue weighted by Gasteiger charge is 2.37. The van der Waals surface area contributed by atoms with Crippen molar-refractivity contribution < 1.29 is 14.4 Å². The number of amides is 2. The molecule has 2 amide bonds. The lowest BCUT2D eigenvalue weighted by Gasteiger charge is -2.25. The van der Waals surface area contributed by atoms with E-state index in [1.165, 1.54) is 5.56 Å².